The molecule has 1 heterocycles. The highest BCUT2D eigenvalue weighted by molar-refractivity contribution is 5.90. The molecular weight excluding hydrogens is 240 g/mol. The van der Waals surface area contributed by atoms with Crippen LogP contribution in [-0.4, -0.2) is 43.1 Å². The molecule has 2 aromatic rings. The van der Waals surface area contributed by atoms with Crippen molar-refractivity contribution in [3.8, 4) is 0 Å². The molecule has 5 heteroatoms. The predicted octanol–water partition coefficient (Wildman–Crippen LogP) is 1.92. The summed E-state index contributed by atoms with van der Waals surface area (Å²) in [6.45, 7) is 1.25. The number of benzene rings is 1. The molecule has 5 nitrogen and oxygen atoms in total. The van der Waals surface area contributed by atoms with Crippen molar-refractivity contribution in [1.82, 2.24) is 15.2 Å². The van der Waals surface area contributed by atoms with E-state index in [0.29, 0.717) is 13.1 Å². The van der Waals surface area contributed by atoms with E-state index in [9.17, 15) is 4.79 Å². The molecule has 0 aliphatic rings. The number of hydrogen-bond acceptors (Lipinski definition) is 3. The third kappa shape index (κ3) is 3.34. The molecule has 2 rings (SSSR count). The van der Waals surface area contributed by atoms with Crippen molar-refractivity contribution in [3.05, 3.63) is 36.5 Å². The van der Waals surface area contributed by atoms with E-state index in [1.165, 1.54) is 4.90 Å². The van der Waals surface area contributed by atoms with E-state index in [1.54, 1.807) is 20.3 Å². The van der Waals surface area contributed by atoms with Gasteiger partial charge in [0.25, 0.3) is 0 Å². The summed E-state index contributed by atoms with van der Waals surface area (Å²) in [5, 5.41) is 7.20. The highest BCUT2D eigenvalue weighted by Crippen LogP contribution is 2.20. The Morgan fingerprint density at radius 1 is 1.21 bits per heavy atom. The average molecular weight is 258 g/mol. The van der Waals surface area contributed by atoms with Crippen molar-refractivity contribution in [2.45, 2.75) is 0 Å². The van der Waals surface area contributed by atoms with Crippen molar-refractivity contribution in [2.24, 2.45) is 0 Å². The second-order valence-electron chi connectivity index (χ2n) is 4.43. The minimum absolute atomic E-state index is 0.0820. The molecule has 2 amide bonds. The summed E-state index contributed by atoms with van der Waals surface area (Å²) in [5.41, 5.74) is 1.99. The van der Waals surface area contributed by atoms with Crippen LogP contribution in [-0.2, 0) is 0 Å². The molecule has 1 aromatic carbocycles. The summed E-state index contributed by atoms with van der Waals surface area (Å²) >= 11 is 0. The zero-order valence-electron chi connectivity index (χ0n) is 11.2. The van der Waals surface area contributed by atoms with Gasteiger partial charge in [0, 0.05) is 44.5 Å². The molecule has 0 bridgehead atoms. The Balaban J connectivity index is 1.93. The lowest BCUT2D eigenvalue weighted by molar-refractivity contribution is 0.218. The van der Waals surface area contributed by atoms with E-state index in [0.717, 1.165) is 16.6 Å². The smallest absolute Gasteiger partial charge is 0.316 e. The number of amides is 2. The summed E-state index contributed by atoms with van der Waals surface area (Å²) in [6.07, 6.45) is 1.78. The zero-order valence-corrected chi connectivity index (χ0v) is 11.2. The standard InChI is InChI=1S/C14H18N4O/c1-18(2)14(19)17-10-9-16-13-7-8-15-12-6-4-3-5-11(12)13/h3-8H,9-10H2,1-2H3,(H,15,16)(H,17,19). The molecule has 0 radical (unpaired) electrons. The number of urea groups is 1. The van der Waals surface area contributed by atoms with E-state index >= 15 is 0 Å². The SMILES string of the molecule is CN(C)C(=O)NCCNc1ccnc2ccccc12. The minimum atomic E-state index is -0.0820. The number of para-hydroxylation sites is 1. The number of fused-ring (bicyclic) bond motifs is 1. The Morgan fingerprint density at radius 3 is 2.79 bits per heavy atom. The molecule has 0 fully saturated rings. The van der Waals surface area contributed by atoms with Gasteiger partial charge in [0.15, 0.2) is 0 Å². The molecule has 0 unspecified atom stereocenters. The predicted molar refractivity (Wildman–Crippen MR) is 77.3 cm³/mol. The fourth-order valence-corrected chi connectivity index (χ4v) is 1.77. The first-order chi connectivity index (χ1) is 9.18. The summed E-state index contributed by atoms with van der Waals surface area (Å²) in [4.78, 5) is 17.2. The fraction of sp³-hybridized carbons (Fsp3) is 0.286. The number of rotatable bonds is 4. The van der Waals surface area contributed by atoms with Gasteiger partial charge in [-0.1, -0.05) is 18.2 Å². The largest absolute Gasteiger partial charge is 0.383 e. The van der Waals surface area contributed by atoms with E-state index in [-0.39, 0.29) is 6.03 Å². The van der Waals surface area contributed by atoms with Gasteiger partial charge in [0.05, 0.1) is 5.52 Å². The van der Waals surface area contributed by atoms with Gasteiger partial charge in [0.1, 0.15) is 0 Å². The number of carbonyl (C=O) groups is 1. The van der Waals surface area contributed by atoms with Crippen LogP contribution >= 0.6 is 0 Å². The molecule has 0 saturated carbocycles. The number of carbonyl (C=O) groups excluding carboxylic acids is 1. The van der Waals surface area contributed by atoms with Crippen LogP contribution in [0.25, 0.3) is 10.9 Å². The fourth-order valence-electron chi connectivity index (χ4n) is 1.77. The van der Waals surface area contributed by atoms with E-state index < -0.39 is 0 Å². The lowest BCUT2D eigenvalue weighted by Crippen LogP contribution is -2.37. The van der Waals surface area contributed by atoms with Crippen LogP contribution in [0.2, 0.25) is 0 Å². The Labute approximate surface area is 112 Å². The Bertz CT molecular complexity index is 563. The highest BCUT2D eigenvalue weighted by Gasteiger charge is 2.02. The summed E-state index contributed by atoms with van der Waals surface area (Å²) < 4.78 is 0. The van der Waals surface area contributed by atoms with Crippen LogP contribution in [0.5, 0.6) is 0 Å². The van der Waals surface area contributed by atoms with Gasteiger partial charge in [0.2, 0.25) is 0 Å². The van der Waals surface area contributed by atoms with Crippen molar-refractivity contribution in [3.63, 3.8) is 0 Å². The second kappa shape index (κ2) is 6.04. The molecule has 0 aliphatic heterocycles. The lowest BCUT2D eigenvalue weighted by atomic mass is 10.2. The van der Waals surface area contributed by atoms with Gasteiger partial charge in [-0.3, -0.25) is 4.98 Å². The minimum Gasteiger partial charge on any atom is -0.383 e. The quantitative estimate of drug-likeness (QED) is 0.824. The Hall–Kier alpha value is -2.30. The van der Waals surface area contributed by atoms with Gasteiger partial charge < -0.3 is 15.5 Å². The lowest BCUT2D eigenvalue weighted by Gasteiger charge is -2.13. The number of anilines is 1. The van der Waals surface area contributed by atoms with Gasteiger partial charge in [-0.15, -0.1) is 0 Å². The molecular formula is C14H18N4O. The van der Waals surface area contributed by atoms with Crippen LogP contribution in [0.1, 0.15) is 0 Å². The van der Waals surface area contributed by atoms with Crippen molar-refractivity contribution in [1.29, 1.82) is 0 Å². The van der Waals surface area contributed by atoms with Gasteiger partial charge >= 0.3 is 6.03 Å². The maximum Gasteiger partial charge on any atom is 0.316 e. The normalized spacial score (nSPS) is 10.2. The number of nitrogens with one attached hydrogen (secondary N) is 2. The topological polar surface area (TPSA) is 57.3 Å². The monoisotopic (exact) mass is 258 g/mol. The van der Waals surface area contributed by atoms with E-state index in [2.05, 4.69) is 15.6 Å². The summed E-state index contributed by atoms with van der Waals surface area (Å²) in [5.74, 6) is 0. The molecule has 0 aliphatic carbocycles. The van der Waals surface area contributed by atoms with Crippen LogP contribution in [0, 0.1) is 0 Å². The molecule has 19 heavy (non-hydrogen) atoms. The van der Waals surface area contributed by atoms with Crippen molar-refractivity contribution >= 4 is 22.6 Å². The van der Waals surface area contributed by atoms with Crippen LogP contribution in [0.4, 0.5) is 10.5 Å². The van der Waals surface area contributed by atoms with Crippen LogP contribution in [0.3, 0.4) is 0 Å². The second-order valence-corrected chi connectivity index (χ2v) is 4.43. The maximum absolute atomic E-state index is 11.3. The third-order valence-corrected chi connectivity index (χ3v) is 2.77. The number of hydrogen-bond donors (Lipinski definition) is 2. The Morgan fingerprint density at radius 2 is 2.00 bits per heavy atom. The summed E-state index contributed by atoms with van der Waals surface area (Å²) in [6, 6.07) is 9.83. The number of pyridine rings is 1. The van der Waals surface area contributed by atoms with Gasteiger partial charge in [-0.05, 0) is 12.1 Å². The molecule has 0 spiro atoms. The Kier molecular flexibility index (Phi) is 4.18. The molecule has 0 saturated heterocycles. The molecule has 2 N–H and O–H groups in total. The van der Waals surface area contributed by atoms with Crippen LogP contribution < -0.4 is 10.6 Å². The first kappa shape index (κ1) is 13.1. The first-order valence-corrected chi connectivity index (χ1v) is 6.21. The third-order valence-electron chi connectivity index (χ3n) is 2.77. The molecule has 100 valence electrons. The van der Waals surface area contributed by atoms with E-state index in [4.69, 9.17) is 0 Å². The molecule has 1 aromatic heterocycles. The van der Waals surface area contributed by atoms with Gasteiger partial charge in [-0.25, -0.2) is 4.79 Å². The van der Waals surface area contributed by atoms with Crippen molar-refractivity contribution < 1.29 is 4.79 Å². The van der Waals surface area contributed by atoms with Gasteiger partial charge in [-0.2, -0.15) is 0 Å². The molecule has 0 atom stereocenters. The maximum atomic E-state index is 11.3. The average Bonchev–Trinajstić information content (AvgIpc) is 2.43. The first-order valence-electron chi connectivity index (χ1n) is 6.21. The van der Waals surface area contributed by atoms with Crippen LogP contribution in [0.15, 0.2) is 36.5 Å². The summed E-state index contributed by atoms with van der Waals surface area (Å²) in [7, 11) is 3.44. The van der Waals surface area contributed by atoms with E-state index in [1.807, 2.05) is 30.3 Å². The highest BCUT2D eigenvalue weighted by atomic mass is 16.2. The zero-order chi connectivity index (χ0) is 13.7. The number of nitrogens with zero attached hydrogens (tertiary/aromatic N) is 2. The number of aromatic nitrogens is 1. The van der Waals surface area contributed by atoms with Crippen molar-refractivity contribution in [2.75, 3.05) is 32.5 Å².